The fraction of sp³-hybridized carbons (Fsp3) is 0.188. The molecule has 19 heavy (non-hydrogen) atoms. The molecule has 2 aromatic rings. The monoisotopic (exact) mass is 273 g/mol. The van der Waals surface area contributed by atoms with Crippen molar-refractivity contribution in [3.05, 3.63) is 58.6 Å². The number of benzene rings is 2. The zero-order valence-electron chi connectivity index (χ0n) is 11.1. The molecular weight excluding hydrogens is 258 g/mol. The van der Waals surface area contributed by atoms with Gasteiger partial charge < -0.3 is 4.90 Å². The number of carbonyl (C=O) groups is 1. The van der Waals surface area contributed by atoms with E-state index in [4.69, 9.17) is 11.6 Å². The molecule has 98 valence electrons. The summed E-state index contributed by atoms with van der Waals surface area (Å²) in [5.41, 5.74) is 3.84. The maximum atomic E-state index is 10.7. The van der Waals surface area contributed by atoms with Crippen molar-refractivity contribution in [1.82, 2.24) is 0 Å². The summed E-state index contributed by atoms with van der Waals surface area (Å²) in [5.74, 6) is 0. The normalized spacial score (nSPS) is 10.3. The summed E-state index contributed by atoms with van der Waals surface area (Å²) in [6, 6.07) is 13.7. The summed E-state index contributed by atoms with van der Waals surface area (Å²) >= 11 is 6.21. The van der Waals surface area contributed by atoms with Crippen LogP contribution in [0.2, 0.25) is 5.02 Å². The molecule has 0 N–H and O–H groups in total. The van der Waals surface area contributed by atoms with Crippen molar-refractivity contribution in [2.24, 2.45) is 0 Å². The predicted molar refractivity (Wildman–Crippen MR) is 80.7 cm³/mol. The quantitative estimate of drug-likeness (QED) is 0.766. The van der Waals surface area contributed by atoms with Crippen molar-refractivity contribution in [1.29, 1.82) is 0 Å². The minimum Gasteiger partial charge on any atom is -0.343 e. The van der Waals surface area contributed by atoms with Gasteiger partial charge in [0.1, 0.15) is 6.29 Å². The number of nitrogens with zero attached hydrogens (tertiary/aromatic N) is 1. The minimum atomic E-state index is 0.576. The van der Waals surface area contributed by atoms with Gasteiger partial charge in [0, 0.05) is 18.3 Å². The highest BCUT2D eigenvalue weighted by atomic mass is 35.5. The van der Waals surface area contributed by atoms with Crippen LogP contribution in [0.3, 0.4) is 0 Å². The Hall–Kier alpha value is -1.80. The third-order valence-electron chi connectivity index (χ3n) is 3.20. The van der Waals surface area contributed by atoms with Crippen molar-refractivity contribution >= 4 is 29.3 Å². The molecule has 2 nitrogen and oxygen atoms in total. The van der Waals surface area contributed by atoms with Crippen LogP contribution >= 0.6 is 11.6 Å². The lowest BCUT2D eigenvalue weighted by atomic mass is 10.1. The van der Waals surface area contributed by atoms with Gasteiger partial charge in [-0.05, 0) is 42.3 Å². The van der Waals surface area contributed by atoms with Gasteiger partial charge in [-0.2, -0.15) is 0 Å². The molecule has 0 spiro atoms. The number of aldehydes is 1. The van der Waals surface area contributed by atoms with Gasteiger partial charge in [-0.3, -0.25) is 4.79 Å². The second-order valence-electron chi connectivity index (χ2n) is 4.41. The fourth-order valence-electron chi connectivity index (χ4n) is 1.96. The van der Waals surface area contributed by atoms with Gasteiger partial charge in [-0.15, -0.1) is 0 Å². The average Bonchev–Trinajstić information content (AvgIpc) is 2.46. The molecule has 2 rings (SSSR count). The molecule has 0 aliphatic rings. The number of hydrogen-bond donors (Lipinski definition) is 0. The average molecular weight is 274 g/mol. The van der Waals surface area contributed by atoms with E-state index in [1.165, 1.54) is 5.56 Å². The molecule has 0 saturated heterocycles. The van der Waals surface area contributed by atoms with Crippen LogP contribution in [-0.4, -0.2) is 13.3 Å². The first kappa shape index (κ1) is 13.6. The molecule has 0 saturated carbocycles. The molecule has 0 aliphatic heterocycles. The van der Waals surface area contributed by atoms with Crippen LogP contribution in [0.15, 0.2) is 42.5 Å². The first-order valence-corrected chi connectivity index (χ1v) is 6.61. The second-order valence-corrected chi connectivity index (χ2v) is 4.81. The molecule has 0 atom stereocenters. The lowest BCUT2D eigenvalue weighted by Gasteiger charge is -2.21. The Labute approximate surface area is 118 Å². The molecule has 0 radical (unpaired) electrons. The lowest BCUT2D eigenvalue weighted by molar-refractivity contribution is 0.112. The molecule has 0 fully saturated rings. The van der Waals surface area contributed by atoms with E-state index in [0.29, 0.717) is 10.6 Å². The van der Waals surface area contributed by atoms with Crippen molar-refractivity contribution in [3.63, 3.8) is 0 Å². The maximum absolute atomic E-state index is 10.7. The van der Waals surface area contributed by atoms with E-state index in [1.54, 1.807) is 12.1 Å². The van der Waals surface area contributed by atoms with Crippen LogP contribution in [0.1, 0.15) is 22.8 Å². The number of carbonyl (C=O) groups excluding carboxylic acids is 1. The van der Waals surface area contributed by atoms with E-state index in [9.17, 15) is 4.79 Å². The fourth-order valence-corrected chi connectivity index (χ4v) is 2.28. The molecular formula is C16H16ClNO. The summed E-state index contributed by atoms with van der Waals surface area (Å²) in [6.07, 6.45) is 1.82. The lowest BCUT2D eigenvalue weighted by Crippen LogP contribution is -2.10. The predicted octanol–water partition coefficient (Wildman–Crippen LogP) is 4.48. The molecule has 0 bridgehead atoms. The third-order valence-corrected chi connectivity index (χ3v) is 3.50. The van der Waals surface area contributed by atoms with E-state index >= 15 is 0 Å². The van der Waals surface area contributed by atoms with E-state index in [2.05, 4.69) is 31.2 Å². The summed E-state index contributed by atoms with van der Waals surface area (Å²) in [4.78, 5) is 12.7. The third kappa shape index (κ3) is 2.96. The Morgan fingerprint density at radius 1 is 1.16 bits per heavy atom. The highest BCUT2D eigenvalue weighted by Gasteiger charge is 2.08. The summed E-state index contributed by atoms with van der Waals surface area (Å²) in [5, 5.41) is 0.576. The first-order chi connectivity index (χ1) is 9.15. The maximum Gasteiger partial charge on any atom is 0.150 e. The van der Waals surface area contributed by atoms with Gasteiger partial charge in [0.2, 0.25) is 0 Å². The summed E-state index contributed by atoms with van der Waals surface area (Å²) in [7, 11) is 1.96. The molecule has 0 unspecified atom stereocenters. The molecule has 0 aliphatic carbocycles. The Kier molecular flexibility index (Phi) is 4.23. The zero-order chi connectivity index (χ0) is 13.8. The zero-order valence-corrected chi connectivity index (χ0v) is 11.8. The minimum absolute atomic E-state index is 0.576. The highest BCUT2D eigenvalue weighted by molar-refractivity contribution is 6.33. The second kappa shape index (κ2) is 5.89. The van der Waals surface area contributed by atoms with E-state index in [-0.39, 0.29) is 0 Å². The number of aryl methyl sites for hydroxylation is 1. The number of hydrogen-bond acceptors (Lipinski definition) is 2. The standard InChI is InChI=1S/C16H16ClNO/c1-3-12-4-7-14(8-5-12)18(2)16-9-6-13(11-19)10-15(16)17/h4-11H,3H2,1-2H3. The number of rotatable bonds is 4. The highest BCUT2D eigenvalue weighted by Crippen LogP contribution is 2.31. The van der Waals surface area contributed by atoms with Crippen molar-refractivity contribution < 1.29 is 4.79 Å². The SMILES string of the molecule is CCc1ccc(N(C)c2ccc(C=O)cc2Cl)cc1. The van der Waals surface area contributed by atoms with Crippen LogP contribution in [0.4, 0.5) is 11.4 Å². The summed E-state index contributed by atoms with van der Waals surface area (Å²) < 4.78 is 0. The topological polar surface area (TPSA) is 20.3 Å². The van der Waals surface area contributed by atoms with Gasteiger partial charge in [-0.1, -0.05) is 30.7 Å². The van der Waals surface area contributed by atoms with Crippen LogP contribution in [0.25, 0.3) is 0 Å². The van der Waals surface area contributed by atoms with Crippen molar-refractivity contribution in [2.45, 2.75) is 13.3 Å². The van der Waals surface area contributed by atoms with Crippen LogP contribution < -0.4 is 4.90 Å². The first-order valence-electron chi connectivity index (χ1n) is 6.23. The molecule has 3 heteroatoms. The van der Waals surface area contributed by atoms with Gasteiger partial charge in [0.15, 0.2) is 0 Å². The Morgan fingerprint density at radius 2 is 1.84 bits per heavy atom. The molecule has 0 aromatic heterocycles. The van der Waals surface area contributed by atoms with Crippen molar-refractivity contribution in [2.75, 3.05) is 11.9 Å². The molecule has 2 aromatic carbocycles. The van der Waals surface area contributed by atoms with Gasteiger partial charge >= 0.3 is 0 Å². The van der Waals surface area contributed by atoms with E-state index < -0.39 is 0 Å². The Balaban J connectivity index is 2.32. The van der Waals surface area contributed by atoms with Gasteiger partial charge in [-0.25, -0.2) is 0 Å². The molecule has 0 heterocycles. The van der Waals surface area contributed by atoms with Crippen molar-refractivity contribution in [3.8, 4) is 0 Å². The largest absolute Gasteiger partial charge is 0.343 e. The van der Waals surface area contributed by atoms with E-state index in [0.717, 1.165) is 24.1 Å². The Morgan fingerprint density at radius 3 is 2.37 bits per heavy atom. The number of halogens is 1. The smallest absolute Gasteiger partial charge is 0.150 e. The molecule has 0 amide bonds. The van der Waals surface area contributed by atoms with Crippen LogP contribution in [0.5, 0.6) is 0 Å². The van der Waals surface area contributed by atoms with Crippen LogP contribution in [0, 0.1) is 0 Å². The Bertz CT molecular complexity index is 578. The van der Waals surface area contributed by atoms with Gasteiger partial charge in [0.05, 0.1) is 10.7 Å². The summed E-state index contributed by atoms with van der Waals surface area (Å²) in [6.45, 7) is 2.13. The van der Waals surface area contributed by atoms with Crippen LogP contribution in [-0.2, 0) is 6.42 Å². The number of anilines is 2. The van der Waals surface area contributed by atoms with Gasteiger partial charge in [0.25, 0.3) is 0 Å². The van der Waals surface area contributed by atoms with E-state index in [1.807, 2.05) is 18.0 Å².